The SMILES string of the molecule is COCCC(C)C(CCOc1ccccc1)NN. The minimum atomic E-state index is 0.254. The summed E-state index contributed by atoms with van der Waals surface area (Å²) in [5.74, 6) is 6.95. The highest BCUT2D eigenvalue weighted by Crippen LogP contribution is 2.13. The Bertz CT molecular complexity index is 306. The smallest absolute Gasteiger partial charge is 0.119 e. The van der Waals surface area contributed by atoms with Gasteiger partial charge in [-0.2, -0.15) is 0 Å². The molecule has 0 aliphatic heterocycles. The number of rotatable bonds is 9. The zero-order valence-corrected chi connectivity index (χ0v) is 11.3. The van der Waals surface area contributed by atoms with Crippen molar-refractivity contribution in [3.05, 3.63) is 30.3 Å². The minimum Gasteiger partial charge on any atom is -0.494 e. The number of ether oxygens (including phenoxy) is 2. The molecule has 4 nitrogen and oxygen atoms in total. The second-order valence-electron chi connectivity index (χ2n) is 4.48. The van der Waals surface area contributed by atoms with Gasteiger partial charge in [0.15, 0.2) is 0 Å². The molecule has 3 N–H and O–H groups in total. The number of para-hydroxylation sites is 1. The Hall–Kier alpha value is -1.10. The lowest BCUT2D eigenvalue weighted by Gasteiger charge is -2.23. The number of hydrogen-bond acceptors (Lipinski definition) is 4. The van der Waals surface area contributed by atoms with Gasteiger partial charge in [-0.15, -0.1) is 0 Å². The lowest BCUT2D eigenvalue weighted by molar-refractivity contribution is 0.164. The molecule has 0 aliphatic carbocycles. The van der Waals surface area contributed by atoms with Crippen molar-refractivity contribution in [3.8, 4) is 5.75 Å². The Morgan fingerprint density at radius 2 is 1.89 bits per heavy atom. The summed E-state index contributed by atoms with van der Waals surface area (Å²) in [5.41, 5.74) is 2.86. The third-order valence-electron chi connectivity index (χ3n) is 3.12. The first kappa shape index (κ1) is 15.0. The van der Waals surface area contributed by atoms with Crippen LogP contribution >= 0.6 is 0 Å². The van der Waals surface area contributed by atoms with Crippen LogP contribution in [0.2, 0.25) is 0 Å². The molecule has 4 heteroatoms. The van der Waals surface area contributed by atoms with Crippen molar-refractivity contribution < 1.29 is 9.47 Å². The van der Waals surface area contributed by atoms with E-state index in [4.69, 9.17) is 15.3 Å². The van der Waals surface area contributed by atoms with Crippen molar-refractivity contribution >= 4 is 0 Å². The van der Waals surface area contributed by atoms with E-state index in [9.17, 15) is 0 Å². The molecule has 0 heterocycles. The highest BCUT2D eigenvalue weighted by atomic mass is 16.5. The van der Waals surface area contributed by atoms with Crippen LogP contribution in [0.3, 0.4) is 0 Å². The van der Waals surface area contributed by atoms with Crippen LogP contribution in [0.5, 0.6) is 5.75 Å². The average Bonchev–Trinajstić information content (AvgIpc) is 2.42. The van der Waals surface area contributed by atoms with Gasteiger partial charge >= 0.3 is 0 Å². The summed E-state index contributed by atoms with van der Waals surface area (Å²) < 4.78 is 10.7. The van der Waals surface area contributed by atoms with E-state index >= 15 is 0 Å². The molecule has 0 amide bonds. The van der Waals surface area contributed by atoms with Gasteiger partial charge in [-0.25, -0.2) is 0 Å². The first-order chi connectivity index (χ1) is 8.77. The quantitative estimate of drug-likeness (QED) is 0.521. The number of hydrogen-bond donors (Lipinski definition) is 2. The van der Waals surface area contributed by atoms with E-state index in [-0.39, 0.29) is 6.04 Å². The van der Waals surface area contributed by atoms with E-state index in [0.717, 1.165) is 25.2 Å². The summed E-state index contributed by atoms with van der Waals surface area (Å²) >= 11 is 0. The molecular formula is C14H24N2O2. The highest BCUT2D eigenvalue weighted by Gasteiger charge is 2.15. The molecule has 0 spiro atoms. The van der Waals surface area contributed by atoms with E-state index in [1.165, 1.54) is 0 Å². The molecule has 0 bridgehead atoms. The van der Waals surface area contributed by atoms with Crippen LogP contribution in [-0.2, 0) is 4.74 Å². The van der Waals surface area contributed by atoms with Crippen molar-refractivity contribution in [3.63, 3.8) is 0 Å². The minimum absolute atomic E-state index is 0.254. The fraction of sp³-hybridized carbons (Fsp3) is 0.571. The molecular weight excluding hydrogens is 228 g/mol. The van der Waals surface area contributed by atoms with Gasteiger partial charge in [-0.05, 0) is 30.9 Å². The van der Waals surface area contributed by atoms with Crippen LogP contribution in [0.25, 0.3) is 0 Å². The van der Waals surface area contributed by atoms with Gasteiger partial charge in [-0.3, -0.25) is 11.3 Å². The molecule has 0 aliphatic rings. The van der Waals surface area contributed by atoms with Crippen LogP contribution < -0.4 is 16.0 Å². The first-order valence-electron chi connectivity index (χ1n) is 6.40. The maximum absolute atomic E-state index is 5.67. The summed E-state index contributed by atoms with van der Waals surface area (Å²) in [6.45, 7) is 3.60. The molecule has 2 unspecified atom stereocenters. The molecule has 18 heavy (non-hydrogen) atoms. The van der Waals surface area contributed by atoms with Gasteiger partial charge in [0.2, 0.25) is 0 Å². The standard InChI is InChI=1S/C14H24N2O2/c1-12(8-10-17-2)14(16-15)9-11-18-13-6-4-3-5-7-13/h3-7,12,14,16H,8-11,15H2,1-2H3. The number of nitrogens with one attached hydrogen (secondary N) is 1. The monoisotopic (exact) mass is 252 g/mol. The lowest BCUT2D eigenvalue weighted by atomic mass is 9.97. The number of nitrogens with two attached hydrogens (primary N) is 1. The second kappa shape index (κ2) is 8.91. The summed E-state index contributed by atoms with van der Waals surface area (Å²) in [5, 5.41) is 0. The summed E-state index contributed by atoms with van der Waals surface area (Å²) in [6, 6.07) is 10.1. The maximum atomic E-state index is 5.67. The molecule has 0 radical (unpaired) electrons. The Morgan fingerprint density at radius 1 is 1.17 bits per heavy atom. The zero-order valence-electron chi connectivity index (χ0n) is 11.3. The topological polar surface area (TPSA) is 56.5 Å². The van der Waals surface area contributed by atoms with E-state index in [0.29, 0.717) is 12.5 Å². The van der Waals surface area contributed by atoms with Gasteiger partial charge in [0, 0.05) is 19.8 Å². The average molecular weight is 252 g/mol. The molecule has 0 saturated carbocycles. The predicted octanol–water partition coefficient (Wildman–Crippen LogP) is 1.96. The third-order valence-corrected chi connectivity index (χ3v) is 3.12. The normalized spacial score (nSPS) is 14.2. The molecule has 0 saturated heterocycles. The van der Waals surface area contributed by atoms with Crippen LogP contribution in [-0.4, -0.2) is 26.4 Å². The Balaban J connectivity index is 2.26. The lowest BCUT2D eigenvalue weighted by Crippen LogP contribution is -2.41. The van der Waals surface area contributed by atoms with Crippen LogP contribution in [0.15, 0.2) is 30.3 Å². The fourth-order valence-electron chi connectivity index (χ4n) is 1.86. The predicted molar refractivity (Wildman–Crippen MR) is 73.3 cm³/mol. The van der Waals surface area contributed by atoms with Gasteiger partial charge in [-0.1, -0.05) is 25.1 Å². The largest absolute Gasteiger partial charge is 0.494 e. The molecule has 0 fully saturated rings. The van der Waals surface area contributed by atoms with Crippen molar-refractivity contribution in [2.24, 2.45) is 11.8 Å². The van der Waals surface area contributed by atoms with E-state index < -0.39 is 0 Å². The first-order valence-corrected chi connectivity index (χ1v) is 6.40. The molecule has 1 rings (SSSR count). The summed E-state index contributed by atoms with van der Waals surface area (Å²) in [4.78, 5) is 0. The Labute approximate surface area is 109 Å². The summed E-state index contributed by atoms with van der Waals surface area (Å²) in [6.07, 6.45) is 1.88. The maximum Gasteiger partial charge on any atom is 0.119 e. The molecule has 102 valence electrons. The Kier molecular flexibility index (Phi) is 7.41. The molecule has 1 aromatic carbocycles. The van der Waals surface area contributed by atoms with Gasteiger partial charge in [0.05, 0.1) is 6.61 Å². The van der Waals surface area contributed by atoms with Crippen LogP contribution in [0, 0.1) is 5.92 Å². The third kappa shape index (κ3) is 5.49. The Morgan fingerprint density at radius 3 is 2.50 bits per heavy atom. The number of benzene rings is 1. The number of hydrazine groups is 1. The van der Waals surface area contributed by atoms with E-state index in [2.05, 4.69) is 12.3 Å². The molecule has 2 atom stereocenters. The van der Waals surface area contributed by atoms with Crippen molar-refractivity contribution in [2.45, 2.75) is 25.8 Å². The van der Waals surface area contributed by atoms with E-state index in [1.54, 1.807) is 7.11 Å². The van der Waals surface area contributed by atoms with Crippen molar-refractivity contribution in [1.29, 1.82) is 0 Å². The molecule has 0 aromatic heterocycles. The highest BCUT2D eigenvalue weighted by molar-refractivity contribution is 5.20. The van der Waals surface area contributed by atoms with E-state index in [1.807, 2.05) is 30.3 Å². The zero-order chi connectivity index (χ0) is 13.2. The van der Waals surface area contributed by atoms with Crippen molar-refractivity contribution in [1.82, 2.24) is 5.43 Å². The van der Waals surface area contributed by atoms with Crippen molar-refractivity contribution in [2.75, 3.05) is 20.3 Å². The summed E-state index contributed by atoms with van der Waals surface area (Å²) in [7, 11) is 1.72. The van der Waals surface area contributed by atoms with Gasteiger partial charge < -0.3 is 9.47 Å². The second-order valence-corrected chi connectivity index (χ2v) is 4.48. The van der Waals surface area contributed by atoms with Gasteiger partial charge in [0.25, 0.3) is 0 Å². The fourth-order valence-corrected chi connectivity index (χ4v) is 1.86. The van der Waals surface area contributed by atoms with Crippen LogP contribution in [0.4, 0.5) is 0 Å². The van der Waals surface area contributed by atoms with Gasteiger partial charge in [0.1, 0.15) is 5.75 Å². The number of methoxy groups -OCH3 is 1. The molecule has 1 aromatic rings. The van der Waals surface area contributed by atoms with Crippen LogP contribution in [0.1, 0.15) is 19.8 Å².